The number of ether oxygens (including phenoxy) is 2. The van der Waals surface area contributed by atoms with E-state index >= 15 is 0 Å². The molecule has 0 spiro atoms. The molecule has 2 rings (SSSR count). The fraction of sp³-hybridized carbons (Fsp3) is 0.947. The van der Waals surface area contributed by atoms with Gasteiger partial charge in [0, 0.05) is 58.1 Å². The molecular formula is C19H39IN4O2. The number of nitrogens with zero attached hydrogens (tertiary/aromatic N) is 2. The highest BCUT2D eigenvalue weighted by Gasteiger charge is 2.31. The van der Waals surface area contributed by atoms with Crippen molar-refractivity contribution in [2.24, 2.45) is 10.9 Å². The largest absolute Gasteiger partial charge is 0.381 e. The molecular weight excluding hydrogens is 443 g/mol. The van der Waals surface area contributed by atoms with Crippen molar-refractivity contribution >= 4 is 29.9 Å². The van der Waals surface area contributed by atoms with Crippen molar-refractivity contribution in [3.8, 4) is 0 Å². The topological polar surface area (TPSA) is 58.1 Å². The second-order valence-corrected chi connectivity index (χ2v) is 7.57. The molecule has 0 bridgehead atoms. The molecule has 2 saturated heterocycles. The van der Waals surface area contributed by atoms with Gasteiger partial charge in [-0.2, -0.15) is 0 Å². The van der Waals surface area contributed by atoms with Crippen LogP contribution in [0.3, 0.4) is 0 Å². The third-order valence-corrected chi connectivity index (χ3v) is 5.13. The Balaban J connectivity index is 0.00000338. The molecule has 0 amide bonds. The summed E-state index contributed by atoms with van der Waals surface area (Å²) in [6.07, 6.45) is 3.40. The molecule has 2 aliphatic rings. The maximum absolute atomic E-state index is 5.92. The van der Waals surface area contributed by atoms with Gasteiger partial charge in [0.15, 0.2) is 5.96 Å². The van der Waals surface area contributed by atoms with Crippen molar-refractivity contribution in [1.82, 2.24) is 15.5 Å². The smallest absolute Gasteiger partial charge is 0.191 e. The summed E-state index contributed by atoms with van der Waals surface area (Å²) in [7, 11) is 0. The third-order valence-electron chi connectivity index (χ3n) is 5.13. The number of aliphatic imine (C=N–C) groups is 1. The standard InChI is InChI=1S/C19H38N4O2.HI/c1-5-20-19(22-18-14-23(15(2)3)13-16(18)4)21-9-6-10-25-17-7-11-24-12-8-17;/h15-18H,5-14H2,1-4H3,(H2,20,21,22);1H. The first-order chi connectivity index (χ1) is 12.1. The predicted octanol–water partition coefficient (Wildman–Crippen LogP) is 2.47. The maximum atomic E-state index is 5.92. The summed E-state index contributed by atoms with van der Waals surface area (Å²) in [6.45, 7) is 15.4. The monoisotopic (exact) mass is 482 g/mol. The van der Waals surface area contributed by atoms with E-state index in [4.69, 9.17) is 14.5 Å². The molecule has 0 aromatic heterocycles. The average molecular weight is 482 g/mol. The molecule has 2 fully saturated rings. The molecule has 2 atom stereocenters. The van der Waals surface area contributed by atoms with Crippen LogP contribution in [0.2, 0.25) is 0 Å². The van der Waals surface area contributed by atoms with Gasteiger partial charge in [-0.05, 0) is 46.0 Å². The van der Waals surface area contributed by atoms with Crippen LogP contribution < -0.4 is 10.6 Å². The van der Waals surface area contributed by atoms with Crippen molar-refractivity contribution in [1.29, 1.82) is 0 Å². The van der Waals surface area contributed by atoms with E-state index in [1.54, 1.807) is 0 Å². The van der Waals surface area contributed by atoms with Crippen LogP contribution in [0.4, 0.5) is 0 Å². The fourth-order valence-electron chi connectivity index (χ4n) is 3.46. The molecule has 0 radical (unpaired) electrons. The van der Waals surface area contributed by atoms with Crippen molar-refractivity contribution < 1.29 is 9.47 Å². The predicted molar refractivity (Wildman–Crippen MR) is 119 cm³/mol. The Bertz CT molecular complexity index is 403. The first-order valence-corrected chi connectivity index (χ1v) is 10.1. The van der Waals surface area contributed by atoms with Crippen molar-refractivity contribution in [2.45, 2.75) is 65.1 Å². The van der Waals surface area contributed by atoms with Crippen molar-refractivity contribution in [3.63, 3.8) is 0 Å². The van der Waals surface area contributed by atoms with Gasteiger partial charge >= 0.3 is 0 Å². The highest BCUT2D eigenvalue weighted by molar-refractivity contribution is 14.0. The van der Waals surface area contributed by atoms with Gasteiger partial charge < -0.3 is 20.1 Å². The Labute approximate surface area is 176 Å². The zero-order chi connectivity index (χ0) is 18.1. The van der Waals surface area contributed by atoms with E-state index in [-0.39, 0.29) is 24.0 Å². The molecule has 0 aromatic rings. The fourth-order valence-corrected chi connectivity index (χ4v) is 3.46. The van der Waals surface area contributed by atoms with E-state index in [0.29, 0.717) is 24.1 Å². The number of hydrogen-bond acceptors (Lipinski definition) is 4. The molecule has 0 saturated carbocycles. The summed E-state index contributed by atoms with van der Waals surface area (Å²) < 4.78 is 11.3. The number of halogens is 1. The Morgan fingerprint density at radius 2 is 2.00 bits per heavy atom. The second-order valence-electron chi connectivity index (χ2n) is 7.57. The molecule has 2 N–H and O–H groups in total. The highest BCUT2D eigenvalue weighted by Crippen LogP contribution is 2.18. The lowest BCUT2D eigenvalue weighted by Crippen LogP contribution is -2.46. The minimum Gasteiger partial charge on any atom is -0.381 e. The summed E-state index contributed by atoms with van der Waals surface area (Å²) in [5.74, 6) is 1.58. The van der Waals surface area contributed by atoms with Gasteiger partial charge in [-0.3, -0.25) is 9.89 Å². The first-order valence-electron chi connectivity index (χ1n) is 10.1. The second kappa shape index (κ2) is 13.1. The summed E-state index contributed by atoms with van der Waals surface area (Å²) in [5.41, 5.74) is 0. The van der Waals surface area contributed by atoms with Crippen molar-refractivity contribution in [3.05, 3.63) is 0 Å². The van der Waals surface area contributed by atoms with E-state index in [1.807, 2.05) is 0 Å². The van der Waals surface area contributed by atoms with E-state index in [1.165, 1.54) is 0 Å². The molecule has 26 heavy (non-hydrogen) atoms. The Morgan fingerprint density at radius 3 is 2.62 bits per heavy atom. The molecule has 154 valence electrons. The van der Waals surface area contributed by atoms with Gasteiger partial charge in [-0.25, -0.2) is 0 Å². The first kappa shape index (κ1) is 23.9. The van der Waals surface area contributed by atoms with E-state index in [9.17, 15) is 0 Å². The van der Waals surface area contributed by atoms with E-state index in [0.717, 1.165) is 71.2 Å². The van der Waals surface area contributed by atoms with Crippen molar-refractivity contribution in [2.75, 3.05) is 46.0 Å². The zero-order valence-electron chi connectivity index (χ0n) is 17.0. The average Bonchev–Trinajstić information content (AvgIpc) is 2.97. The molecule has 0 aromatic carbocycles. The van der Waals surface area contributed by atoms with Gasteiger partial charge in [0.2, 0.25) is 0 Å². The van der Waals surface area contributed by atoms with Gasteiger partial charge in [-0.1, -0.05) is 6.92 Å². The number of hydrogen-bond donors (Lipinski definition) is 2. The summed E-state index contributed by atoms with van der Waals surface area (Å²) in [6, 6.07) is 1.08. The quantitative estimate of drug-likeness (QED) is 0.241. The molecule has 0 aliphatic carbocycles. The van der Waals surface area contributed by atoms with Gasteiger partial charge in [-0.15, -0.1) is 24.0 Å². The Hall–Kier alpha value is -0.120. The lowest BCUT2D eigenvalue weighted by atomic mass is 10.1. The van der Waals surface area contributed by atoms with Crippen LogP contribution >= 0.6 is 24.0 Å². The summed E-state index contributed by atoms with van der Waals surface area (Å²) in [4.78, 5) is 7.27. The van der Waals surface area contributed by atoms with Gasteiger partial charge in [0.1, 0.15) is 0 Å². The highest BCUT2D eigenvalue weighted by atomic mass is 127. The number of nitrogens with one attached hydrogen (secondary N) is 2. The number of likely N-dealkylation sites (tertiary alicyclic amines) is 1. The molecule has 6 nitrogen and oxygen atoms in total. The summed E-state index contributed by atoms with van der Waals surface area (Å²) >= 11 is 0. The molecule has 2 heterocycles. The van der Waals surface area contributed by atoms with Gasteiger partial charge in [0.25, 0.3) is 0 Å². The van der Waals surface area contributed by atoms with Crippen LogP contribution in [0.5, 0.6) is 0 Å². The summed E-state index contributed by atoms with van der Waals surface area (Å²) in [5, 5.41) is 7.01. The third kappa shape index (κ3) is 8.27. The SMILES string of the molecule is CCNC(=NCCCOC1CCOCC1)NC1CN(C(C)C)CC1C.I. The number of guanidine groups is 1. The molecule has 7 heteroatoms. The normalized spacial score (nSPS) is 25.3. The van der Waals surface area contributed by atoms with E-state index < -0.39 is 0 Å². The number of rotatable bonds is 8. The molecule has 2 aliphatic heterocycles. The molecule has 2 unspecified atom stereocenters. The zero-order valence-corrected chi connectivity index (χ0v) is 19.3. The maximum Gasteiger partial charge on any atom is 0.191 e. The van der Waals surface area contributed by atoms with Crippen LogP contribution in [0, 0.1) is 5.92 Å². The van der Waals surface area contributed by atoms with Gasteiger partial charge in [0.05, 0.1) is 6.10 Å². The lowest BCUT2D eigenvalue weighted by molar-refractivity contribution is -0.0318. The lowest BCUT2D eigenvalue weighted by Gasteiger charge is -2.22. The minimum atomic E-state index is 0. The Morgan fingerprint density at radius 1 is 1.27 bits per heavy atom. The minimum absolute atomic E-state index is 0. The van der Waals surface area contributed by atoms with Crippen LogP contribution in [0.1, 0.15) is 47.0 Å². The van der Waals surface area contributed by atoms with Crippen LogP contribution in [0.15, 0.2) is 4.99 Å². The van der Waals surface area contributed by atoms with Crippen LogP contribution in [-0.2, 0) is 9.47 Å². The Kier molecular flexibility index (Phi) is 12.1. The van der Waals surface area contributed by atoms with Crippen LogP contribution in [-0.4, -0.2) is 75.0 Å². The van der Waals surface area contributed by atoms with E-state index in [2.05, 4.69) is 43.2 Å². The van der Waals surface area contributed by atoms with Crippen LogP contribution in [0.25, 0.3) is 0 Å².